The van der Waals surface area contributed by atoms with Crippen LogP contribution in [-0.4, -0.2) is 13.4 Å². The molecule has 0 bridgehead atoms. The number of nitrogen functional groups attached to an aromatic ring is 1. The number of pyridine rings is 1. The Bertz CT molecular complexity index is 694. The lowest BCUT2D eigenvalue weighted by atomic mass is 10.2. The molecule has 0 aliphatic rings. The first-order chi connectivity index (χ1) is 8.90. The molecule has 0 saturated carbocycles. The first kappa shape index (κ1) is 13.4. The molecule has 0 radical (unpaired) electrons. The van der Waals surface area contributed by atoms with Gasteiger partial charge in [-0.3, -0.25) is 4.72 Å². The van der Waals surface area contributed by atoms with Gasteiger partial charge in [0.05, 0.1) is 4.90 Å². The number of aromatic nitrogens is 1. The summed E-state index contributed by atoms with van der Waals surface area (Å²) in [7, 11) is -3.67. The van der Waals surface area contributed by atoms with Gasteiger partial charge in [-0.1, -0.05) is 12.1 Å². The van der Waals surface area contributed by atoms with E-state index in [2.05, 4.69) is 9.71 Å². The monoisotopic (exact) mass is 277 g/mol. The number of rotatable bonds is 3. The van der Waals surface area contributed by atoms with E-state index in [4.69, 9.17) is 5.73 Å². The van der Waals surface area contributed by atoms with E-state index in [-0.39, 0.29) is 10.7 Å². The number of aryl methyl sites for hydroxylation is 1. The highest BCUT2D eigenvalue weighted by Crippen LogP contribution is 2.22. The first-order valence-corrected chi connectivity index (χ1v) is 7.19. The third-order valence-corrected chi connectivity index (χ3v) is 4.26. The summed E-state index contributed by atoms with van der Waals surface area (Å²) in [4.78, 5) is 4.18. The van der Waals surface area contributed by atoms with Crippen molar-refractivity contribution in [3.63, 3.8) is 0 Å². The van der Waals surface area contributed by atoms with E-state index < -0.39 is 10.0 Å². The van der Waals surface area contributed by atoms with Gasteiger partial charge in [0.15, 0.2) is 0 Å². The lowest BCUT2D eigenvalue weighted by Crippen LogP contribution is -2.15. The summed E-state index contributed by atoms with van der Waals surface area (Å²) in [5.41, 5.74) is 7.66. The summed E-state index contributed by atoms with van der Waals surface area (Å²) in [5, 5.41) is 0. The Balaban J connectivity index is 2.38. The van der Waals surface area contributed by atoms with Crippen molar-refractivity contribution in [3.8, 4) is 0 Å². The van der Waals surface area contributed by atoms with Crippen molar-refractivity contribution in [2.75, 3.05) is 10.5 Å². The number of benzene rings is 1. The smallest absolute Gasteiger partial charge is 0.263 e. The maximum atomic E-state index is 12.3. The van der Waals surface area contributed by atoms with Crippen LogP contribution in [0.3, 0.4) is 0 Å². The summed E-state index contributed by atoms with van der Waals surface area (Å²) >= 11 is 0. The number of nitrogens with two attached hydrogens (primary N) is 1. The van der Waals surface area contributed by atoms with Crippen LogP contribution < -0.4 is 10.5 Å². The zero-order valence-electron chi connectivity index (χ0n) is 10.7. The fourth-order valence-electron chi connectivity index (χ4n) is 1.64. The molecular formula is C13H15N3O2S. The van der Waals surface area contributed by atoms with Crippen LogP contribution in [0.5, 0.6) is 0 Å². The second-order valence-electron chi connectivity index (χ2n) is 4.30. The molecule has 2 aromatic rings. The number of anilines is 2. The predicted octanol–water partition coefficient (Wildman–Crippen LogP) is 2.08. The molecule has 0 fully saturated rings. The Hall–Kier alpha value is -2.08. The van der Waals surface area contributed by atoms with Gasteiger partial charge in [-0.05, 0) is 43.2 Å². The highest BCUT2D eigenvalue weighted by Gasteiger charge is 2.18. The topological polar surface area (TPSA) is 85.1 Å². The molecule has 0 atom stereocenters. The molecule has 0 amide bonds. The van der Waals surface area contributed by atoms with E-state index in [0.29, 0.717) is 11.3 Å². The zero-order valence-corrected chi connectivity index (χ0v) is 11.5. The van der Waals surface area contributed by atoms with Gasteiger partial charge >= 0.3 is 0 Å². The predicted molar refractivity (Wildman–Crippen MR) is 75.4 cm³/mol. The lowest BCUT2D eigenvalue weighted by molar-refractivity contribution is 0.600. The molecule has 2 rings (SSSR count). The largest absolute Gasteiger partial charge is 0.398 e. The maximum absolute atomic E-state index is 12.3. The molecule has 1 aromatic heterocycles. The van der Waals surface area contributed by atoms with Crippen LogP contribution in [0.15, 0.2) is 41.4 Å². The SMILES string of the molecule is Cc1ccc(NS(=O)(=O)c2cccc(N)c2C)nc1. The molecule has 5 nitrogen and oxygen atoms in total. The molecule has 1 aromatic carbocycles. The third-order valence-electron chi connectivity index (χ3n) is 2.77. The average Bonchev–Trinajstić information content (AvgIpc) is 2.35. The van der Waals surface area contributed by atoms with E-state index in [1.54, 1.807) is 37.4 Å². The zero-order chi connectivity index (χ0) is 14.0. The van der Waals surface area contributed by atoms with E-state index in [0.717, 1.165) is 5.56 Å². The van der Waals surface area contributed by atoms with Gasteiger partial charge < -0.3 is 5.73 Å². The van der Waals surface area contributed by atoms with Crippen LogP contribution in [0.4, 0.5) is 11.5 Å². The van der Waals surface area contributed by atoms with Crippen molar-refractivity contribution >= 4 is 21.5 Å². The van der Waals surface area contributed by atoms with Crippen LogP contribution in [0.25, 0.3) is 0 Å². The van der Waals surface area contributed by atoms with Crippen LogP contribution in [0, 0.1) is 13.8 Å². The van der Waals surface area contributed by atoms with Crippen molar-refractivity contribution in [2.24, 2.45) is 0 Å². The van der Waals surface area contributed by atoms with Gasteiger partial charge in [-0.25, -0.2) is 13.4 Å². The van der Waals surface area contributed by atoms with Gasteiger partial charge in [0.1, 0.15) is 5.82 Å². The van der Waals surface area contributed by atoms with Gasteiger partial charge in [-0.15, -0.1) is 0 Å². The van der Waals surface area contributed by atoms with Crippen molar-refractivity contribution in [3.05, 3.63) is 47.7 Å². The van der Waals surface area contributed by atoms with Gasteiger partial charge in [-0.2, -0.15) is 0 Å². The number of nitrogens with one attached hydrogen (secondary N) is 1. The standard InChI is InChI=1S/C13H15N3O2S/c1-9-6-7-13(15-8-9)16-19(17,18)12-5-3-4-11(14)10(12)2/h3-8H,14H2,1-2H3,(H,15,16). The third kappa shape index (κ3) is 2.85. The van der Waals surface area contributed by atoms with Gasteiger partial charge in [0, 0.05) is 11.9 Å². The van der Waals surface area contributed by atoms with Crippen LogP contribution >= 0.6 is 0 Å². The van der Waals surface area contributed by atoms with Crippen LogP contribution in [-0.2, 0) is 10.0 Å². The highest BCUT2D eigenvalue weighted by molar-refractivity contribution is 7.92. The minimum Gasteiger partial charge on any atom is -0.398 e. The van der Waals surface area contributed by atoms with E-state index in [9.17, 15) is 8.42 Å². The number of sulfonamides is 1. The molecule has 0 saturated heterocycles. The molecular weight excluding hydrogens is 262 g/mol. The van der Waals surface area contributed by atoms with Crippen LogP contribution in [0.1, 0.15) is 11.1 Å². The van der Waals surface area contributed by atoms with Gasteiger partial charge in [0.25, 0.3) is 10.0 Å². The maximum Gasteiger partial charge on any atom is 0.263 e. The molecule has 0 spiro atoms. The van der Waals surface area contributed by atoms with Crippen molar-refractivity contribution < 1.29 is 8.42 Å². The van der Waals surface area contributed by atoms with Crippen molar-refractivity contribution in [2.45, 2.75) is 18.7 Å². The Morgan fingerprint density at radius 3 is 2.53 bits per heavy atom. The second kappa shape index (κ2) is 4.89. The Morgan fingerprint density at radius 1 is 1.16 bits per heavy atom. The normalized spacial score (nSPS) is 11.3. The van der Waals surface area contributed by atoms with E-state index in [1.165, 1.54) is 6.07 Å². The molecule has 19 heavy (non-hydrogen) atoms. The second-order valence-corrected chi connectivity index (χ2v) is 5.95. The molecule has 100 valence electrons. The van der Waals surface area contributed by atoms with Crippen LogP contribution in [0.2, 0.25) is 0 Å². The van der Waals surface area contributed by atoms with E-state index >= 15 is 0 Å². The average molecular weight is 277 g/mol. The Morgan fingerprint density at radius 2 is 1.89 bits per heavy atom. The Kier molecular flexibility index (Phi) is 3.44. The highest BCUT2D eigenvalue weighted by atomic mass is 32.2. The van der Waals surface area contributed by atoms with Crippen molar-refractivity contribution in [1.82, 2.24) is 4.98 Å². The lowest BCUT2D eigenvalue weighted by Gasteiger charge is -2.11. The van der Waals surface area contributed by atoms with E-state index in [1.807, 2.05) is 6.92 Å². The first-order valence-electron chi connectivity index (χ1n) is 5.71. The summed E-state index contributed by atoms with van der Waals surface area (Å²) < 4.78 is 26.9. The number of hydrogen-bond acceptors (Lipinski definition) is 4. The van der Waals surface area contributed by atoms with Crippen molar-refractivity contribution in [1.29, 1.82) is 0 Å². The molecule has 0 aliphatic carbocycles. The Labute approximate surface area is 112 Å². The number of hydrogen-bond donors (Lipinski definition) is 2. The molecule has 0 aliphatic heterocycles. The summed E-state index contributed by atoms with van der Waals surface area (Å²) in [6.45, 7) is 3.56. The minimum absolute atomic E-state index is 0.162. The summed E-state index contributed by atoms with van der Waals surface area (Å²) in [6, 6.07) is 8.20. The minimum atomic E-state index is -3.67. The molecule has 6 heteroatoms. The van der Waals surface area contributed by atoms with Gasteiger partial charge in [0.2, 0.25) is 0 Å². The summed E-state index contributed by atoms with van der Waals surface area (Å²) in [5.74, 6) is 0.285. The molecule has 0 unspecified atom stereocenters. The number of nitrogens with zero attached hydrogens (tertiary/aromatic N) is 1. The fourth-order valence-corrected chi connectivity index (χ4v) is 2.93. The fraction of sp³-hybridized carbons (Fsp3) is 0.154. The molecule has 1 heterocycles. The molecule has 3 N–H and O–H groups in total. The quantitative estimate of drug-likeness (QED) is 0.841. The summed E-state index contributed by atoms with van der Waals surface area (Å²) in [6.07, 6.45) is 1.60.